The second-order valence-corrected chi connectivity index (χ2v) is 10.1. The van der Waals surface area contributed by atoms with E-state index < -0.39 is 17.6 Å². The van der Waals surface area contributed by atoms with E-state index in [4.69, 9.17) is 10.7 Å². The van der Waals surface area contributed by atoms with Gasteiger partial charge in [-0.1, -0.05) is 25.5 Å². The molecule has 1 aliphatic rings. The minimum Gasteiger partial charge on any atom is -0.382 e. The van der Waals surface area contributed by atoms with Gasteiger partial charge in [0.2, 0.25) is 0 Å². The summed E-state index contributed by atoms with van der Waals surface area (Å²) < 4.78 is 41.0. The number of alkyl halides is 3. The molecule has 3 heterocycles. The Kier molecular flexibility index (Phi) is 7.55. The van der Waals surface area contributed by atoms with Crippen LogP contribution in [-0.2, 0) is 11.0 Å². The Labute approximate surface area is 228 Å². The maximum Gasteiger partial charge on any atom is 0.416 e. The average molecular weight is 551 g/mol. The standard InChI is InChI=1S/C29H29F3N6O2/c1-2-22(39)15-17-4-3-5-20(14-17)27-37-24(25-26(33)35-12-13-38(25)27)18-6-8-19(9-7-18)28(40)36-23-16-21(10-11-34-23)29(30,31)32/h6-13,16-17,20H,2-5,14-15H2,1H3,(H2,33,35)(H,34,36,40)/t17-,20+/m0/s1. The summed E-state index contributed by atoms with van der Waals surface area (Å²) in [5, 5.41) is 2.41. The van der Waals surface area contributed by atoms with Crippen LogP contribution in [0.2, 0.25) is 0 Å². The largest absolute Gasteiger partial charge is 0.416 e. The van der Waals surface area contributed by atoms with E-state index in [-0.39, 0.29) is 23.1 Å². The van der Waals surface area contributed by atoms with Gasteiger partial charge in [-0.3, -0.25) is 14.0 Å². The van der Waals surface area contributed by atoms with Crippen LogP contribution < -0.4 is 11.1 Å². The number of nitrogen functional groups attached to an aromatic ring is 1. The normalized spacial score (nSPS) is 17.6. The number of nitrogens with one attached hydrogen (secondary N) is 1. The molecule has 8 nitrogen and oxygen atoms in total. The second kappa shape index (κ2) is 11.1. The Balaban J connectivity index is 1.41. The van der Waals surface area contributed by atoms with Crippen LogP contribution in [0.3, 0.4) is 0 Å². The molecule has 0 bridgehead atoms. The summed E-state index contributed by atoms with van der Waals surface area (Å²) in [6, 6.07) is 8.21. The van der Waals surface area contributed by atoms with Gasteiger partial charge in [-0.05, 0) is 49.4 Å². The van der Waals surface area contributed by atoms with Crippen LogP contribution in [0.4, 0.5) is 24.8 Å². The molecule has 1 saturated carbocycles. The van der Waals surface area contributed by atoms with Gasteiger partial charge in [0, 0.05) is 48.5 Å². The Morgan fingerprint density at radius 3 is 2.60 bits per heavy atom. The lowest BCUT2D eigenvalue weighted by Crippen LogP contribution is -2.19. The smallest absolute Gasteiger partial charge is 0.382 e. The molecule has 1 amide bonds. The van der Waals surface area contributed by atoms with Crippen molar-refractivity contribution in [3.63, 3.8) is 0 Å². The number of anilines is 2. The van der Waals surface area contributed by atoms with E-state index in [1.165, 1.54) is 0 Å². The number of halogens is 3. The molecular formula is C29H29F3N6O2. The number of hydrogen-bond acceptors (Lipinski definition) is 6. The predicted molar refractivity (Wildman–Crippen MR) is 145 cm³/mol. The van der Waals surface area contributed by atoms with Crippen molar-refractivity contribution in [1.82, 2.24) is 19.4 Å². The van der Waals surface area contributed by atoms with Gasteiger partial charge >= 0.3 is 6.18 Å². The number of hydrogen-bond donors (Lipinski definition) is 2. The first-order valence-electron chi connectivity index (χ1n) is 13.2. The van der Waals surface area contributed by atoms with Crippen LogP contribution in [-0.4, -0.2) is 31.0 Å². The number of nitrogens with zero attached hydrogens (tertiary/aromatic N) is 4. The zero-order valence-corrected chi connectivity index (χ0v) is 21.9. The van der Waals surface area contributed by atoms with E-state index in [1.807, 2.05) is 17.5 Å². The molecule has 2 atom stereocenters. The topological polar surface area (TPSA) is 115 Å². The fourth-order valence-corrected chi connectivity index (χ4v) is 5.40. The molecule has 40 heavy (non-hydrogen) atoms. The number of carbonyl (C=O) groups excluding carboxylic acids is 2. The molecule has 0 radical (unpaired) electrons. The van der Waals surface area contributed by atoms with E-state index in [9.17, 15) is 22.8 Å². The third-order valence-electron chi connectivity index (χ3n) is 7.42. The zero-order valence-electron chi connectivity index (χ0n) is 21.9. The van der Waals surface area contributed by atoms with E-state index in [2.05, 4.69) is 15.3 Å². The van der Waals surface area contributed by atoms with Crippen molar-refractivity contribution >= 4 is 28.8 Å². The van der Waals surface area contributed by atoms with E-state index in [0.29, 0.717) is 41.4 Å². The Bertz CT molecular complexity index is 1550. The summed E-state index contributed by atoms with van der Waals surface area (Å²) in [5.41, 5.74) is 7.63. The van der Waals surface area contributed by atoms with Gasteiger partial charge in [-0.2, -0.15) is 13.2 Å². The highest BCUT2D eigenvalue weighted by atomic mass is 19.4. The summed E-state index contributed by atoms with van der Waals surface area (Å²) in [6.07, 6.45) is 4.93. The van der Waals surface area contributed by atoms with Crippen molar-refractivity contribution in [2.45, 2.75) is 57.5 Å². The number of pyridine rings is 1. The zero-order chi connectivity index (χ0) is 28.4. The Morgan fingerprint density at radius 1 is 1.10 bits per heavy atom. The highest BCUT2D eigenvalue weighted by molar-refractivity contribution is 6.04. The number of aromatic nitrogens is 4. The highest BCUT2D eigenvalue weighted by Gasteiger charge is 2.31. The maximum atomic E-state index is 13.0. The van der Waals surface area contributed by atoms with Crippen LogP contribution in [0.15, 0.2) is 55.0 Å². The van der Waals surface area contributed by atoms with Crippen molar-refractivity contribution in [2.75, 3.05) is 11.1 Å². The minimum atomic E-state index is -4.54. The Morgan fingerprint density at radius 2 is 1.88 bits per heavy atom. The second-order valence-electron chi connectivity index (χ2n) is 10.1. The molecule has 208 valence electrons. The van der Waals surface area contributed by atoms with E-state index in [0.717, 1.165) is 49.8 Å². The minimum absolute atomic E-state index is 0.163. The van der Waals surface area contributed by atoms with Gasteiger partial charge < -0.3 is 11.1 Å². The predicted octanol–water partition coefficient (Wildman–Crippen LogP) is 6.29. The van der Waals surface area contributed by atoms with Crippen molar-refractivity contribution in [1.29, 1.82) is 0 Å². The van der Waals surface area contributed by atoms with E-state index >= 15 is 0 Å². The molecule has 5 rings (SSSR count). The van der Waals surface area contributed by atoms with Gasteiger partial charge in [0.1, 0.15) is 34.5 Å². The molecule has 3 aromatic heterocycles. The van der Waals surface area contributed by atoms with Crippen molar-refractivity contribution < 1.29 is 22.8 Å². The van der Waals surface area contributed by atoms with Crippen molar-refractivity contribution in [2.24, 2.45) is 5.92 Å². The summed E-state index contributed by atoms with van der Waals surface area (Å²) in [6.45, 7) is 1.89. The molecule has 0 aliphatic heterocycles. The first-order valence-corrected chi connectivity index (χ1v) is 13.2. The number of fused-ring (bicyclic) bond motifs is 1. The Hall–Kier alpha value is -4.28. The number of benzene rings is 1. The van der Waals surface area contributed by atoms with Crippen molar-refractivity contribution in [3.05, 3.63) is 71.9 Å². The number of amides is 1. The molecule has 1 fully saturated rings. The third kappa shape index (κ3) is 5.68. The van der Waals surface area contributed by atoms with Gasteiger partial charge in [0.25, 0.3) is 5.91 Å². The lowest BCUT2D eigenvalue weighted by Gasteiger charge is -2.28. The molecule has 0 unspecified atom stereocenters. The van der Waals surface area contributed by atoms with Gasteiger partial charge in [-0.25, -0.2) is 15.0 Å². The average Bonchev–Trinajstić information content (AvgIpc) is 3.34. The van der Waals surface area contributed by atoms with Crippen LogP contribution in [0, 0.1) is 5.92 Å². The van der Waals surface area contributed by atoms with Crippen LogP contribution >= 0.6 is 0 Å². The van der Waals surface area contributed by atoms with Gasteiger partial charge in [-0.15, -0.1) is 0 Å². The first-order chi connectivity index (χ1) is 19.1. The number of imidazole rings is 1. The van der Waals surface area contributed by atoms with Gasteiger partial charge in [0.05, 0.1) is 5.56 Å². The molecular weight excluding hydrogens is 521 g/mol. The number of carbonyl (C=O) groups is 2. The number of nitrogens with two attached hydrogens (primary N) is 1. The fourth-order valence-electron chi connectivity index (χ4n) is 5.40. The molecule has 4 aromatic rings. The monoisotopic (exact) mass is 550 g/mol. The lowest BCUT2D eigenvalue weighted by atomic mass is 9.78. The van der Waals surface area contributed by atoms with Crippen LogP contribution in [0.1, 0.15) is 73.1 Å². The summed E-state index contributed by atoms with van der Waals surface area (Å²) in [5.74, 6) is 1.17. The fraction of sp³-hybridized carbons (Fsp3) is 0.345. The SMILES string of the molecule is CCC(=O)C[C@H]1CCC[C@@H](c2nc(-c3ccc(C(=O)Nc4cc(C(F)(F)F)ccn4)cc3)c3c(N)nccn23)C1. The molecule has 0 saturated heterocycles. The third-order valence-corrected chi connectivity index (χ3v) is 7.42. The molecule has 3 N–H and O–H groups in total. The summed E-state index contributed by atoms with van der Waals surface area (Å²) in [7, 11) is 0. The quantitative estimate of drug-likeness (QED) is 0.280. The summed E-state index contributed by atoms with van der Waals surface area (Å²) >= 11 is 0. The first kappa shape index (κ1) is 27.3. The number of rotatable bonds is 7. The molecule has 11 heteroatoms. The number of Topliss-reactive ketones (excluding diaryl/α,β-unsaturated/α-hetero) is 1. The van der Waals surface area contributed by atoms with E-state index in [1.54, 1.807) is 30.5 Å². The lowest BCUT2D eigenvalue weighted by molar-refractivity contribution is -0.137. The summed E-state index contributed by atoms with van der Waals surface area (Å²) in [4.78, 5) is 37.9. The molecule has 0 spiro atoms. The maximum absolute atomic E-state index is 13.0. The highest BCUT2D eigenvalue weighted by Crippen LogP contribution is 2.40. The van der Waals surface area contributed by atoms with Crippen molar-refractivity contribution in [3.8, 4) is 11.3 Å². The molecule has 1 aliphatic carbocycles. The number of ketones is 1. The van der Waals surface area contributed by atoms with Gasteiger partial charge in [0.15, 0.2) is 0 Å². The van der Waals surface area contributed by atoms with Crippen LogP contribution in [0.25, 0.3) is 16.8 Å². The molecule has 1 aromatic carbocycles. The van der Waals surface area contributed by atoms with Crippen LogP contribution in [0.5, 0.6) is 0 Å².